The number of hydrogen-bond acceptors (Lipinski definition) is 3. The van der Waals surface area contributed by atoms with Crippen LogP contribution in [0.1, 0.15) is 38.3 Å². The van der Waals surface area contributed by atoms with Crippen molar-refractivity contribution in [3.8, 4) is 0 Å². The van der Waals surface area contributed by atoms with E-state index < -0.39 is 0 Å². The van der Waals surface area contributed by atoms with Crippen molar-refractivity contribution in [2.75, 3.05) is 26.0 Å². The summed E-state index contributed by atoms with van der Waals surface area (Å²) in [6.45, 7) is 8.48. The van der Waals surface area contributed by atoms with Crippen molar-refractivity contribution >= 4 is 41.5 Å². The van der Waals surface area contributed by atoms with E-state index in [1.807, 2.05) is 38.1 Å². The van der Waals surface area contributed by atoms with Gasteiger partial charge in [-0.25, -0.2) is 0 Å². The molecular weight excluding hydrogens is 513 g/mol. The summed E-state index contributed by atoms with van der Waals surface area (Å²) in [6, 6.07) is 18.9. The minimum Gasteiger partial charge on any atom is -0.356 e. The molecule has 6 nitrogen and oxygen atoms in total. The fourth-order valence-electron chi connectivity index (χ4n) is 3.05. The molecule has 2 aromatic carbocycles. The molecule has 0 saturated carbocycles. The summed E-state index contributed by atoms with van der Waals surface area (Å²) in [4.78, 5) is 18.5. The van der Waals surface area contributed by atoms with Gasteiger partial charge in [-0.1, -0.05) is 56.3 Å². The Morgan fingerprint density at radius 2 is 1.62 bits per heavy atom. The quantitative estimate of drug-likeness (QED) is 0.232. The first-order chi connectivity index (χ1) is 14.9. The highest BCUT2D eigenvalue weighted by Crippen LogP contribution is 2.11. The molecule has 1 atom stereocenters. The van der Waals surface area contributed by atoms with Gasteiger partial charge < -0.3 is 16.0 Å². The van der Waals surface area contributed by atoms with Gasteiger partial charge in [-0.15, -0.1) is 24.0 Å². The number of benzene rings is 2. The predicted molar refractivity (Wildman–Crippen MR) is 146 cm³/mol. The fraction of sp³-hybridized carbons (Fsp3) is 0.440. The van der Waals surface area contributed by atoms with Gasteiger partial charge in [0, 0.05) is 44.3 Å². The van der Waals surface area contributed by atoms with Gasteiger partial charge in [0.05, 0.1) is 0 Å². The van der Waals surface area contributed by atoms with Crippen LogP contribution in [0.4, 0.5) is 5.69 Å². The molecule has 0 aliphatic carbocycles. The van der Waals surface area contributed by atoms with Gasteiger partial charge in [0.2, 0.25) is 5.91 Å². The van der Waals surface area contributed by atoms with Gasteiger partial charge in [-0.2, -0.15) is 0 Å². The second kappa shape index (κ2) is 14.8. The smallest absolute Gasteiger partial charge is 0.226 e. The maximum atomic E-state index is 11.8. The van der Waals surface area contributed by atoms with Gasteiger partial charge in [0.25, 0.3) is 0 Å². The molecule has 0 saturated heterocycles. The summed E-state index contributed by atoms with van der Waals surface area (Å²) in [7, 11) is 3.95. The topological polar surface area (TPSA) is 68.8 Å². The number of anilines is 1. The zero-order chi connectivity index (χ0) is 22.6. The first kappa shape index (κ1) is 27.9. The highest BCUT2D eigenvalue weighted by atomic mass is 127. The molecule has 0 spiro atoms. The lowest BCUT2D eigenvalue weighted by molar-refractivity contribution is -0.118. The van der Waals surface area contributed by atoms with Gasteiger partial charge in [-0.05, 0) is 43.7 Å². The maximum absolute atomic E-state index is 11.8. The Balaban J connectivity index is 0.00000512. The third kappa shape index (κ3) is 9.99. The average Bonchev–Trinajstić information content (AvgIpc) is 2.77. The van der Waals surface area contributed by atoms with Crippen LogP contribution >= 0.6 is 24.0 Å². The lowest BCUT2D eigenvalue weighted by atomic mass is 10.1. The van der Waals surface area contributed by atoms with Crippen molar-refractivity contribution in [2.24, 2.45) is 10.9 Å². The molecule has 0 radical (unpaired) electrons. The summed E-state index contributed by atoms with van der Waals surface area (Å²) >= 11 is 0. The first-order valence-electron chi connectivity index (χ1n) is 11.0. The van der Waals surface area contributed by atoms with Crippen LogP contribution in [0.25, 0.3) is 0 Å². The lowest BCUT2D eigenvalue weighted by Gasteiger charge is -2.25. The van der Waals surface area contributed by atoms with E-state index in [4.69, 9.17) is 0 Å². The Kier molecular flexibility index (Phi) is 12.9. The molecule has 3 N–H and O–H groups in total. The standard InChI is InChI=1S/C25H37N5O.HI/c1-19(2)24(31)29-23-13-11-21(12-14-23)17-28-25(26-4)27-16-15-20(3)30(5)18-22-9-7-6-8-10-22;/h6-14,19-20H,15-18H2,1-5H3,(H,29,31)(H2,26,27,28);1H. The average molecular weight is 552 g/mol. The number of aliphatic imine (C=N–C) groups is 1. The van der Waals surface area contributed by atoms with Gasteiger partial charge in [-0.3, -0.25) is 14.7 Å². The number of nitrogens with zero attached hydrogens (tertiary/aromatic N) is 2. The number of nitrogens with one attached hydrogen (secondary N) is 3. The summed E-state index contributed by atoms with van der Waals surface area (Å²) in [6.07, 6.45) is 1.02. The molecule has 2 aromatic rings. The molecule has 0 heterocycles. The van der Waals surface area contributed by atoms with E-state index in [1.54, 1.807) is 7.05 Å². The normalized spacial score (nSPS) is 12.3. The Morgan fingerprint density at radius 1 is 0.969 bits per heavy atom. The second-order valence-electron chi connectivity index (χ2n) is 8.23. The van der Waals surface area contributed by atoms with Crippen LogP contribution < -0.4 is 16.0 Å². The van der Waals surface area contributed by atoms with Crippen LogP contribution in [0.2, 0.25) is 0 Å². The van der Waals surface area contributed by atoms with E-state index in [2.05, 4.69) is 70.1 Å². The Bertz CT molecular complexity index is 824. The summed E-state index contributed by atoms with van der Waals surface area (Å²) in [5.41, 5.74) is 3.28. The second-order valence-corrected chi connectivity index (χ2v) is 8.23. The van der Waals surface area contributed by atoms with Crippen molar-refractivity contribution in [3.63, 3.8) is 0 Å². The largest absolute Gasteiger partial charge is 0.356 e. The highest BCUT2D eigenvalue weighted by molar-refractivity contribution is 14.0. The lowest BCUT2D eigenvalue weighted by Crippen LogP contribution is -2.39. The summed E-state index contributed by atoms with van der Waals surface area (Å²) < 4.78 is 0. The van der Waals surface area contributed by atoms with Gasteiger partial charge in [0.15, 0.2) is 5.96 Å². The molecule has 7 heteroatoms. The van der Waals surface area contributed by atoms with Crippen LogP contribution in [0.3, 0.4) is 0 Å². The van der Waals surface area contributed by atoms with E-state index in [1.165, 1.54) is 5.56 Å². The minimum absolute atomic E-state index is 0. The number of carbonyl (C=O) groups is 1. The van der Waals surface area contributed by atoms with E-state index in [0.29, 0.717) is 12.6 Å². The van der Waals surface area contributed by atoms with Gasteiger partial charge in [0.1, 0.15) is 0 Å². The molecule has 32 heavy (non-hydrogen) atoms. The fourth-order valence-corrected chi connectivity index (χ4v) is 3.05. The predicted octanol–water partition coefficient (Wildman–Crippen LogP) is 4.47. The SMILES string of the molecule is CN=C(NCCC(C)N(C)Cc1ccccc1)NCc1ccc(NC(=O)C(C)C)cc1.I. The molecule has 176 valence electrons. The molecule has 1 unspecified atom stereocenters. The number of carbonyl (C=O) groups excluding carboxylic acids is 1. The number of hydrogen-bond donors (Lipinski definition) is 3. The van der Waals surface area contributed by atoms with E-state index >= 15 is 0 Å². The third-order valence-corrected chi connectivity index (χ3v) is 5.31. The van der Waals surface area contributed by atoms with Crippen LogP contribution in [-0.4, -0.2) is 43.4 Å². The van der Waals surface area contributed by atoms with E-state index in [0.717, 1.165) is 36.7 Å². The number of amides is 1. The van der Waals surface area contributed by atoms with Crippen molar-refractivity contribution in [1.29, 1.82) is 0 Å². The van der Waals surface area contributed by atoms with Crippen LogP contribution in [-0.2, 0) is 17.9 Å². The summed E-state index contributed by atoms with van der Waals surface area (Å²) in [5, 5.41) is 9.65. The van der Waals surface area contributed by atoms with Crippen molar-refractivity contribution in [1.82, 2.24) is 15.5 Å². The number of halogens is 1. The molecule has 1 amide bonds. The highest BCUT2D eigenvalue weighted by Gasteiger charge is 2.10. The molecule has 0 aliphatic rings. The minimum atomic E-state index is -0.0309. The molecule has 0 aromatic heterocycles. The monoisotopic (exact) mass is 551 g/mol. The van der Waals surface area contributed by atoms with Crippen molar-refractivity contribution in [2.45, 2.75) is 46.3 Å². The van der Waals surface area contributed by atoms with Crippen LogP contribution in [0.5, 0.6) is 0 Å². The Morgan fingerprint density at radius 3 is 2.22 bits per heavy atom. The Hall–Kier alpha value is -2.13. The number of guanidine groups is 1. The Labute approximate surface area is 210 Å². The molecule has 0 bridgehead atoms. The zero-order valence-electron chi connectivity index (χ0n) is 19.9. The molecular formula is C25H38IN5O. The maximum Gasteiger partial charge on any atom is 0.226 e. The molecule has 0 fully saturated rings. The molecule has 2 rings (SSSR count). The van der Waals surface area contributed by atoms with Gasteiger partial charge >= 0.3 is 0 Å². The first-order valence-corrected chi connectivity index (χ1v) is 11.0. The summed E-state index contributed by atoms with van der Waals surface area (Å²) in [5.74, 6) is 0.783. The number of rotatable bonds is 10. The van der Waals surface area contributed by atoms with Crippen LogP contribution in [0, 0.1) is 5.92 Å². The van der Waals surface area contributed by atoms with Crippen molar-refractivity contribution < 1.29 is 4.79 Å². The zero-order valence-corrected chi connectivity index (χ0v) is 22.2. The van der Waals surface area contributed by atoms with Crippen molar-refractivity contribution in [3.05, 3.63) is 65.7 Å². The van der Waals surface area contributed by atoms with Crippen LogP contribution in [0.15, 0.2) is 59.6 Å². The molecule has 0 aliphatic heterocycles. The van der Waals surface area contributed by atoms with E-state index in [-0.39, 0.29) is 35.8 Å². The van der Waals surface area contributed by atoms with E-state index in [9.17, 15) is 4.79 Å². The third-order valence-electron chi connectivity index (χ3n) is 5.31.